The van der Waals surface area contributed by atoms with Crippen LogP contribution in [0.5, 0.6) is 11.5 Å². The van der Waals surface area contributed by atoms with E-state index in [1.807, 2.05) is 18.2 Å². The topological polar surface area (TPSA) is 100 Å². The van der Waals surface area contributed by atoms with E-state index in [2.05, 4.69) is 4.99 Å². The van der Waals surface area contributed by atoms with Gasteiger partial charge < -0.3 is 14.2 Å². The molecule has 0 atom stereocenters. The number of esters is 1. The Morgan fingerprint density at radius 2 is 1.85 bits per heavy atom. The molecule has 10 heteroatoms. The first-order chi connectivity index (χ1) is 16.4. The maximum Gasteiger partial charge on any atom is 0.363 e. The molecule has 0 radical (unpaired) electrons. The summed E-state index contributed by atoms with van der Waals surface area (Å²) in [5, 5.41) is 11.8. The minimum Gasteiger partial charge on any atom is -0.493 e. The zero-order chi connectivity index (χ0) is 24.2. The van der Waals surface area contributed by atoms with Crippen LogP contribution in [0.2, 0.25) is 10.0 Å². The van der Waals surface area contributed by atoms with Gasteiger partial charge >= 0.3 is 5.97 Å². The van der Waals surface area contributed by atoms with Crippen LogP contribution in [-0.2, 0) is 16.1 Å². The number of halogens is 2. The third-order valence-corrected chi connectivity index (χ3v) is 5.54. The fourth-order valence-electron chi connectivity index (χ4n) is 3.14. The van der Waals surface area contributed by atoms with Gasteiger partial charge in [0, 0.05) is 22.7 Å². The van der Waals surface area contributed by atoms with Crippen LogP contribution in [0.4, 0.5) is 5.69 Å². The van der Waals surface area contributed by atoms with Gasteiger partial charge in [-0.05, 0) is 35.9 Å². The summed E-state index contributed by atoms with van der Waals surface area (Å²) in [6, 6.07) is 16.2. The van der Waals surface area contributed by atoms with Crippen molar-refractivity contribution in [3.63, 3.8) is 0 Å². The summed E-state index contributed by atoms with van der Waals surface area (Å²) < 4.78 is 16.5. The molecule has 0 fully saturated rings. The highest BCUT2D eigenvalue weighted by atomic mass is 35.5. The molecule has 0 amide bonds. The number of hydrogen-bond acceptors (Lipinski definition) is 7. The van der Waals surface area contributed by atoms with Crippen LogP contribution in [0.15, 0.2) is 71.4 Å². The van der Waals surface area contributed by atoms with Gasteiger partial charge in [-0.1, -0.05) is 47.5 Å². The maximum absolute atomic E-state index is 12.4. The van der Waals surface area contributed by atoms with Gasteiger partial charge in [-0.15, -0.1) is 0 Å². The first kappa shape index (κ1) is 23.3. The van der Waals surface area contributed by atoms with Crippen molar-refractivity contribution in [3.05, 3.63) is 103 Å². The molecule has 1 heterocycles. The Hall–Kier alpha value is -3.88. The first-order valence-electron chi connectivity index (χ1n) is 9.87. The van der Waals surface area contributed by atoms with E-state index in [4.69, 9.17) is 37.4 Å². The summed E-state index contributed by atoms with van der Waals surface area (Å²) in [5.74, 6) is 0.108. The first-order valence-corrected chi connectivity index (χ1v) is 10.6. The Morgan fingerprint density at radius 1 is 1.06 bits per heavy atom. The van der Waals surface area contributed by atoms with Crippen molar-refractivity contribution in [1.82, 2.24) is 0 Å². The molecular weight excluding hydrogens is 483 g/mol. The van der Waals surface area contributed by atoms with Crippen molar-refractivity contribution < 1.29 is 23.9 Å². The van der Waals surface area contributed by atoms with Crippen LogP contribution in [0.1, 0.15) is 16.7 Å². The van der Waals surface area contributed by atoms with Crippen LogP contribution >= 0.6 is 23.2 Å². The lowest BCUT2D eigenvalue weighted by Crippen LogP contribution is -2.06. The van der Waals surface area contributed by atoms with Crippen LogP contribution in [-0.4, -0.2) is 23.9 Å². The lowest BCUT2D eigenvalue weighted by Gasteiger charge is -2.12. The molecule has 172 valence electrons. The van der Waals surface area contributed by atoms with Crippen molar-refractivity contribution >= 4 is 46.8 Å². The Kier molecular flexibility index (Phi) is 6.81. The molecule has 0 spiro atoms. The normalized spacial score (nSPS) is 14.0. The minimum atomic E-state index is -0.712. The number of cyclic esters (lactones) is 1. The van der Waals surface area contributed by atoms with Gasteiger partial charge in [-0.2, -0.15) is 0 Å². The maximum atomic E-state index is 12.4. The SMILES string of the molecule is COc1cc(/C=C2\N=C(c3cc([N+](=O)[O-])ccc3Cl)OC2=O)ccc1OCc1ccccc1Cl. The number of methoxy groups -OCH3 is 1. The number of ether oxygens (including phenoxy) is 3. The van der Waals surface area contributed by atoms with Gasteiger partial charge in [-0.25, -0.2) is 9.79 Å². The van der Waals surface area contributed by atoms with Gasteiger partial charge in [-0.3, -0.25) is 10.1 Å². The summed E-state index contributed by atoms with van der Waals surface area (Å²) >= 11 is 12.3. The molecule has 1 aliphatic rings. The molecule has 3 aromatic carbocycles. The third kappa shape index (κ3) is 5.03. The smallest absolute Gasteiger partial charge is 0.363 e. The quantitative estimate of drug-likeness (QED) is 0.175. The molecule has 0 aliphatic carbocycles. The average molecular weight is 499 g/mol. The van der Waals surface area contributed by atoms with E-state index < -0.39 is 10.9 Å². The van der Waals surface area contributed by atoms with Gasteiger partial charge in [0.25, 0.3) is 5.69 Å². The standard InChI is InChI=1S/C24H16Cl2N2O6/c1-32-22-11-14(6-9-21(22)33-13-15-4-2-3-5-18(15)25)10-20-24(29)34-23(27-20)17-12-16(28(30)31)7-8-19(17)26/h2-12H,13H2,1H3/b20-10-. The van der Waals surface area contributed by atoms with Crippen molar-refractivity contribution in [2.45, 2.75) is 6.61 Å². The van der Waals surface area contributed by atoms with E-state index in [0.29, 0.717) is 22.1 Å². The molecule has 0 aromatic heterocycles. The molecule has 8 nitrogen and oxygen atoms in total. The Balaban J connectivity index is 1.58. The Bertz CT molecular complexity index is 1350. The molecule has 4 rings (SSSR count). The number of nitro groups is 1. The number of non-ortho nitro benzene ring substituents is 1. The number of nitro benzene ring substituents is 1. The fraction of sp³-hybridized carbons (Fsp3) is 0.0833. The lowest BCUT2D eigenvalue weighted by atomic mass is 10.1. The van der Waals surface area contributed by atoms with E-state index >= 15 is 0 Å². The molecule has 0 saturated heterocycles. The van der Waals surface area contributed by atoms with E-state index in [1.165, 1.54) is 31.4 Å². The Labute approximate surface area is 204 Å². The van der Waals surface area contributed by atoms with Crippen LogP contribution < -0.4 is 9.47 Å². The molecule has 1 aliphatic heterocycles. The number of carbonyl (C=O) groups is 1. The van der Waals surface area contributed by atoms with Crippen molar-refractivity contribution in [3.8, 4) is 11.5 Å². The zero-order valence-electron chi connectivity index (χ0n) is 17.7. The van der Waals surface area contributed by atoms with Crippen molar-refractivity contribution in [2.75, 3.05) is 7.11 Å². The number of benzene rings is 3. The second-order valence-corrected chi connectivity index (χ2v) is 7.86. The number of carbonyl (C=O) groups excluding carboxylic acids is 1. The second kappa shape index (κ2) is 9.94. The second-order valence-electron chi connectivity index (χ2n) is 7.05. The molecular formula is C24H16Cl2N2O6. The highest BCUT2D eigenvalue weighted by Crippen LogP contribution is 2.32. The van der Waals surface area contributed by atoms with Gasteiger partial charge in [0.15, 0.2) is 17.2 Å². The lowest BCUT2D eigenvalue weighted by molar-refractivity contribution is -0.384. The van der Waals surface area contributed by atoms with Crippen LogP contribution in [0.25, 0.3) is 6.08 Å². The van der Waals surface area contributed by atoms with Crippen molar-refractivity contribution in [1.29, 1.82) is 0 Å². The van der Waals surface area contributed by atoms with Gasteiger partial charge in [0.2, 0.25) is 5.90 Å². The van der Waals surface area contributed by atoms with Gasteiger partial charge in [0.1, 0.15) is 6.61 Å². The van der Waals surface area contributed by atoms with Crippen molar-refractivity contribution in [2.24, 2.45) is 4.99 Å². The zero-order valence-corrected chi connectivity index (χ0v) is 19.2. The molecule has 0 saturated carbocycles. The summed E-state index contributed by atoms with van der Waals surface area (Å²) in [5.41, 5.74) is 1.38. The molecule has 0 unspecified atom stereocenters. The number of aliphatic imine (C=N–C) groups is 1. The van der Waals surface area contributed by atoms with Crippen LogP contribution in [0.3, 0.4) is 0 Å². The van der Waals surface area contributed by atoms with E-state index in [0.717, 1.165) is 5.56 Å². The average Bonchev–Trinajstić information content (AvgIpc) is 3.18. The number of rotatable bonds is 7. The van der Waals surface area contributed by atoms with Crippen LogP contribution in [0, 0.1) is 10.1 Å². The number of nitrogens with zero attached hydrogens (tertiary/aromatic N) is 2. The summed E-state index contributed by atoms with van der Waals surface area (Å²) in [6.07, 6.45) is 1.50. The monoisotopic (exact) mass is 498 g/mol. The predicted octanol–water partition coefficient (Wildman–Crippen LogP) is 5.83. The number of hydrogen-bond donors (Lipinski definition) is 0. The molecule has 3 aromatic rings. The minimum absolute atomic E-state index is 0.00404. The predicted molar refractivity (Wildman–Crippen MR) is 127 cm³/mol. The Morgan fingerprint density at radius 3 is 2.59 bits per heavy atom. The summed E-state index contributed by atoms with van der Waals surface area (Å²) in [6.45, 7) is 0.250. The highest BCUT2D eigenvalue weighted by molar-refractivity contribution is 6.34. The van der Waals surface area contributed by atoms with Gasteiger partial charge in [0.05, 0.1) is 22.6 Å². The fourth-order valence-corrected chi connectivity index (χ4v) is 3.53. The molecule has 34 heavy (non-hydrogen) atoms. The molecule has 0 N–H and O–H groups in total. The van der Waals surface area contributed by atoms with E-state index in [1.54, 1.807) is 24.3 Å². The third-order valence-electron chi connectivity index (χ3n) is 4.84. The van der Waals surface area contributed by atoms with E-state index in [-0.39, 0.29) is 34.5 Å². The summed E-state index contributed by atoms with van der Waals surface area (Å²) in [7, 11) is 1.50. The van der Waals surface area contributed by atoms with E-state index in [9.17, 15) is 14.9 Å². The highest BCUT2D eigenvalue weighted by Gasteiger charge is 2.27. The summed E-state index contributed by atoms with van der Waals surface area (Å²) in [4.78, 5) is 27.0. The molecule has 0 bridgehead atoms. The largest absolute Gasteiger partial charge is 0.493 e.